The average Bonchev–Trinajstić information content (AvgIpc) is 2.90. The molecular weight excluding hydrogens is 346 g/mol. The van der Waals surface area contributed by atoms with Gasteiger partial charge in [0.25, 0.3) is 0 Å². The Hall–Kier alpha value is -2.60. The summed E-state index contributed by atoms with van der Waals surface area (Å²) in [6, 6.07) is 13.6. The predicted octanol–water partition coefficient (Wildman–Crippen LogP) is 3.86. The van der Waals surface area contributed by atoms with E-state index in [0.717, 1.165) is 28.1 Å². The minimum Gasteiger partial charge on any atom is -0.326 e. The molecule has 1 saturated heterocycles. The maximum Gasteiger partial charge on any atom is 0.240 e. The maximum atomic E-state index is 12.4. The lowest BCUT2D eigenvalue weighted by Gasteiger charge is -2.12. The fraction of sp³-hybridized carbons (Fsp3) is 0.250. The van der Waals surface area contributed by atoms with E-state index in [2.05, 4.69) is 15.6 Å². The summed E-state index contributed by atoms with van der Waals surface area (Å²) in [6.07, 6.45) is 0.108. The Labute approximate surface area is 157 Å². The lowest BCUT2D eigenvalue weighted by Crippen LogP contribution is -2.28. The number of aliphatic imine (C=N–C) groups is 1. The van der Waals surface area contributed by atoms with E-state index in [0.29, 0.717) is 5.17 Å². The van der Waals surface area contributed by atoms with E-state index in [1.54, 1.807) is 0 Å². The maximum absolute atomic E-state index is 12.4. The van der Waals surface area contributed by atoms with E-state index < -0.39 is 5.25 Å². The first kappa shape index (κ1) is 18.2. The molecule has 1 fully saturated rings. The van der Waals surface area contributed by atoms with Gasteiger partial charge >= 0.3 is 0 Å². The second-order valence-corrected chi connectivity index (χ2v) is 7.56. The van der Waals surface area contributed by atoms with Crippen molar-refractivity contribution in [2.75, 3.05) is 5.32 Å². The summed E-state index contributed by atoms with van der Waals surface area (Å²) in [4.78, 5) is 29.0. The third-order valence-electron chi connectivity index (χ3n) is 4.13. The third-order valence-corrected chi connectivity index (χ3v) is 5.21. The minimum atomic E-state index is -0.470. The smallest absolute Gasteiger partial charge is 0.240 e. The molecule has 2 aromatic rings. The molecular formula is C20H21N3O2S. The summed E-state index contributed by atoms with van der Waals surface area (Å²) in [7, 11) is 0. The number of amidine groups is 1. The number of amides is 2. The van der Waals surface area contributed by atoms with Crippen LogP contribution >= 0.6 is 11.8 Å². The summed E-state index contributed by atoms with van der Waals surface area (Å²) in [5, 5.41) is 5.75. The molecule has 26 heavy (non-hydrogen) atoms. The molecule has 0 bridgehead atoms. The molecule has 2 N–H and O–H groups in total. The Morgan fingerprint density at radius 1 is 1.15 bits per heavy atom. The lowest BCUT2D eigenvalue weighted by molar-refractivity contribution is -0.122. The number of benzene rings is 2. The SMILES string of the molecule is Cc1cccc(N=C2NC(=O)[C@@H](CC(=O)Nc3c(C)cccc3C)S2)c1. The largest absolute Gasteiger partial charge is 0.326 e. The van der Waals surface area contributed by atoms with Gasteiger partial charge in [-0.2, -0.15) is 0 Å². The number of para-hydroxylation sites is 1. The zero-order valence-corrected chi connectivity index (χ0v) is 15.8. The Morgan fingerprint density at radius 3 is 2.54 bits per heavy atom. The van der Waals surface area contributed by atoms with Crippen molar-refractivity contribution < 1.29 is 9.59 Å². The molecule has 2 aromatic carbocycles. The van der Waals surface area contributed by atoms with Crippen molar-refractivity contribution in [3.05, 3.63) is 59.2 Å². The molecule has 0 unspecified atom stereocenters. The van der Waals surface area contributed by atoms with Crippen LogP contribution in [0.4, 0.5) is 11.4 Å². The topological polar surface area (TPSA) is 70.6 Å². The molecule has 1 heterocycles. The van der Waals surface area contributed by atoms with Gasteiger partial charge in [0.05, 0.1) is 5.69 Å². The number of rotatable bonds is 4. The first-order valence-corrected chi connectivity index (χ1v) is 9.29. The van der Waals surface area contributed by atoms with Crippen LogP contribution in [0.15, 0.2) is 47.5 Å². The van der Waals surface area contributed by atoms with E-state index in [9.17, 15) is 9.59 Å². The van der Waals surface area contributed by atoms with Crippen LogP contribution in [-0.2, 0) is 9.59 Å². The number of anilines is 1. The van der Waals surface area contributed by atoms with Gasteiger partial charge in [-0.1, -0.05) is 42.1 Å². The Morgan fingerprint density at radius 2 is 1.85 bits per heavy atom. The van der Waals surface area contributed by atoms with E-state index in [4.69, 9.17) is 0 Å². The van der Waals surface area contributed by atoms with Crippen LogP contribution in [0.1, 0.15) is 23.1 Å². The van der Waals surface area contributed by atoms with Gasteiger partial charge in [-0.05, 0) is 49.6 Å². The second-order valence-electron chi connectivity index (χ2n) is 6.37. The van der Waals surface area contributed by atoms with Crippen LogP contribution in [0.2, 0.25) is 0 Å². The summed E-state index contributed by atoms with van der Waals surface area (Å²) >= 11 is 1.30. The van der Waals surface area contributed by atoms with Crippen LogP contribution in [0.3, 0.4) is 0 Å². The zero-order valence-electron chi connectivity index (χ0n) is 15.0. The lowest BCUT2D eigenvalue weighted by atomic mass is 10.1. The monoisotopic (exact) mass is 367 g/mol. The molecule has 1 aliphatic heterocycles. The molecule has 5 nitrogen and oxygen atoms in total. The normalized spacial score (nSPS) is 18.0. The molecule has 0 radical (unpaired) electrons. The number of nitrogens with one attached hydrogen (secondary N) is 2. The molecule has 0 spiro atoms. The summed E-state index contributed by atoms with van der Waals surface area (Å²) in [5.74, 6) is -0.357. The zero-order chi connectivity index (χ0) is 18.7. The molecule has 2 amide bonds. The first-order chi connectivity index (χ1) is 12.4. The third kappa shape index (κ3) is 4.32. The van der Waals surface area contributed by atoms with Gasteiger partial charge in [-0.3, -0.25) is 9.59 Å². The number of hydrogen-bond donors (Lipinski definition) is 2. The van der Waals surface area contributed by atoms with E-state index >= 15 is 0 Å². The average molecular weight is 367 g/mol. The molecule has 3 rings (SSSR count). The van der Waals surface area contributed by atoms with Crippen molar-refractivity contribution in [3.8, 4) is 0 Å². The van der Waals surface area contributed by atoms with Crippen LogP contribution in [-0.4, -0.2) is 22.2 Å². The highest BCUT2D eigenvalue weighted by atomic mass is 32.2. The molecule has 6 heteroatoms. The highest BCUT2D eigenvalue weighted by Crippen LogP contribution is 2.26. The van der Waals surface area contributed by atoms with E-state index in [-0.39, 0.29) is 18.2 Å². The van der Waals surface area contributed by atoms with Crippen molar-refractivity contribution in [2.24, 2.45) is 4.99 Å². The van der Waals surface area contributed by atoms with Crippen molar-refractivity contribution in [1.82, 2.24) is 5.32 Å². The summed E-state index contributed by atoms with van der Waals surface area (Å²) in [5.41, 5.74) is 4.71. The van der Waals surface area contributed by atoms with Crippen LogP contribution in [0.5, 0.6) is 0 Å². The van der Waals surface area contributed by atoms with E-state index in [1.165, 1.54) is 11.8 Å². The molecule has 0 aliphatic carbocycles. The van der Waals surface area contributed by atoms with Gasteiger partial charge in [0.15, 0.2) is 5.17 Å². The number of carbonyl (C=O) groups is 2. The fourth-order valence-electron chi connectivity index (χ4n) is 2.78. The number of carbonyl (C=O) groups excluding carboxylic acids is 2. The standard InChI is InChI=1S/C20H21N3O2S/c1-12-6-4-9-15(10-12)21-20-23-19(25)16(26-20)11-17(24)22-18-13(2)7-5-8-14(18)3/h4-10,16H,11H2,1-3H3,(H,22,24)(H,21,23,25)/t16-/m1/s1. The number of thioether (sulfide) groups is 1. The predicted molar refractivity (Wildman–Crippen MR) is 107 cm³/mol. The van der Waals surface area contributed by atoms with Gasteiger partial charge in [-0.25, -0.2) is 4.99 Å². The van der Waals surface area contributed by atoms with Gasteiger partial charge in [0.2, 0.25) is 11.8 Å². The van der Waals surface area contributed by atoms with Crippen molar-refractivity contribution in [3.63, 3.8) is 0 Å². The number of aryl methyl sites for hydroxylation is 3. The Balaban J connectivity index is 1.65. The van der Waals surface area contributed by atoms with E-state index in [1.807, 2.05) is 63.2 Å². The molecule has 0 aromatic heterocycles. The molecule has 1 atom stereocenters. The van der Waals surface area contributed by atoms with Crippen LogP contribution in [0.25, 0.3) is 0 Å². The summed E-state index contributed by atoms with van der Waals surface area (Å²) < 4.78 is 0. The molecule has 134 valence electrons. The van der Waals surface area contributed by atoms with Crippen LogP contribution < -0.4 is 10.6 Å². The second kappa shape index (κ2) is 7.74. The first-order valence-electron chi connectivity index (χ1n) is 8.41. The van der Waals surface area contributed by atoms with Gasteiger partial charge < -0.3 is 10.6 Å². The molecule has 1 aliphatic rings. The molecule has 0 saturated carbocycles. The van der Waals surface area contributed by atoms with Crippen molar-refractivity contribution in [2.45, 2.75) is 32.4 Å². The quantitative estimate of drug-likeness (QED) is 0.862. The number of hydrogen-bond acceptors (Lipinski definition) is 4. The Bertz CT molecular complexity index is 872. The highest BCUT2D eigenvalue weighted by Gasteiger charge is 2.32. The van der Waals surface area contributed by atoms with Crippen molar-refractivity contribution in [1.29, 1.82) is 0 Å². The highest BCUT2D eigenvalue weighted by molar-refractivity contribution is 8.15. The van der Waals surface area contributed by atoms with Crippen molar-refractivity contribution >= 4 is 40.1 Å². The fourth-order valence-corrected chi connectivity index (χ4v) is 3.77. The minimum absolute atomic E-state index is 0.108. The van der Waals surface area contributed by atoms with Gasteiger partial charge in [-0.15, -0.1) is 0 Å². The number of nitrogens with zero attached hydrogens (tertiary/aromatic N) is 1. The Kier molecular flexibility index (Phi) is 5.42. The van der Waals surface area contributed by atoms with Crippen LogP contribution in [0, 0.1) is 20.8 Å². The van der Waals surface area contributed by atoms with Gasteiger partial charge in [0.1, 0.15) is 5.25 Å². The van der Waals surface area contributed by atoms with Gasteiger partial charge in [0, 0.05) is 12.1 Å². The summed E-state index contributed by atoms with van der Waals surface area (Å²) in [6.45, 7) is 5.89.